The van der Waals surface area contributed by atoms with E-state index in [-0.39, 0.29) is 0 Å². The Labute approximate surface area is 67.0 Å². The summed E-state index contributed by atoms with van der Waals surface area (Å²) in [7, 11) is 0. The standard InChI is InChI=1S/C9H12N2/c1-2-3-7-11-9-5-4-6-10-8-9/h4-8H,2-3H2,1H3. The van der Waals surface area contributed by atoms with E-state index in [0.717, 1.165) is 18.5 Å². The molecule has 1 heterocycles. The Kier molecular flexibility index (Phi) is 3.32. The van der Waals surface area contributed by atoms with Crippen LogP contribution in [-0.2, 0) is 0 Å². The molecule has 0 saturated heterocycles. The lowest BCUT2D eigenvalue weighted by molar-refractivity contribution is 1.01. The van der Waals surface area contributed by atoms with Crippen molar-refractivity contribution < 1.29 is 0 Å². The van der Waals surface area contributed by atoms with Gasteiger partial charge in [0, 0.05) is 12.4 Å². The minimum absolute atomic E-state index is 0.931. The molecule has 0 radical (unpaired) electrons. The summed E-state index contributed by atoms with van der Waals surface area (Å²) in [5.74, 6) is 0. The molecule has 0 bridgehead atoms. The highest BCUT2D eigenvalue weighted by atomic mass is 14.8. The van der Waals surface area contributed by atoms with Gasteiger partial charge in [-0.2, -0.15) is 0 Å². The summed E-state index contributed by atoms with van der Waals surface area (Å²) < 4.78 is 0. The van der Waals surface area contributed by atoms with E-state index in [2.05, 4.69) is 16.9 Å². The van der Waals surface area contributed by atoms with Crippen LogP contribution in [0.15, 0.2) is 29.5 Å². The average Bonchev–Trinajstić information content (AvgIpc) is 2.07. The third-order valence-corrected chi connectivity index (χ3v) is 1.30. The van der Waals surface area contributed by atoms with E-state index in [1.807, 2.05) is 18.3 Å². The largest absolute Gasteiger partial charge is 0.262 e. The van der Waals surface area contributed by atoms with Gasteiger partial charge in [-0.05, 0) is 18.6 Å². The van der Waals surface area contributed by atoms with Crippen molar-refractivity contribution in [2.75, 3.05) is 0 Å². The predicted octanol–water partition coefficient (Wildman–Crippen LogP) is 2.58. The molecule has 0 saturated carbocycles. The van der Waals surface area contributed by atoms with Gasteiger partial charge in [-0.15, -0.1) is 0 Å². The molecule has 0 spiro atoms. The Morgan fingerprint density at radius 1 is 1.64 bits per heavy atom. The van der Waals surface area contributed by atoms with Crippen LogP contribution < -0.4 is 0 Å². The van der Waals surface area contributed by atoms with Gasteiger partial charge >= 0.3 is 0 Å². The number of hydrogen-bond acceptors (Lipinski definition) is 2. The molecule has 1 aromatic heterocycles. The second-order valence-electron chi connectivity index (χ2n) is 2.31. The number of pyridine rings is 1. The fourth-order valence-electron chi connectivity index (χ4n) is 0.729. The first-order chi connectivity index (χ1) is 5.43. The Hall–Kier alpha value is -1.18. The molecule has 0 aliphatic heterocycles. The van der Waals surface area contributed by atoms with Crippen LogP contribution >= 0.6 is 0 Å². The van der Waals surface area contributed by atoms with E-state index in [9.17, 15) is 0 Å². The molecule has 11 heavy (non-hydrogen) atoms. The van der Waals surface area contributed by atoms with Crippen LogP contribution in [0.5, 0.6) is 0 Å². The van der Waals surface area contributed by atoms with E-state index in [0.29, 0.717) is 0 Å². The van der Waals surface area contributed by atoms with E-state index in [4.69, 9.17) is 0 Å². The topological polar surface area (TPSA) is 25.2 Å². The first-order valence-electron chi connectivity index (χ1n) is 3.86. The van der Waals surface area contributed by atoms with Gasteiger partial charge in [0.15, 0.2) is 0 Å². The molecule has 0 fully saturated rings. The highest BCUT2D eigenvalue weighted by Crippen LogP contribution is 2.06. The van der Waals surface area contributed by atoms with E-state index >= 15 is 0 Å². The number of rotatable bonds is 3. The lowest BCUT2D eigenvalue weighted by Gasteiger charge is -1.88. The highest BCUT2D eigenvalue weighted by Gasteiger charge is 1.82. The molecule has 0 atom stereocenters. The average molecular weight is 148 g/mol. The molecule has 0 aromatic carbocycles. The summed E-state index contributed by atoms with van der Waals surface area (Å²) in [5.41, 5.74) is 0.931. The monoisotopic (exact) mass is 148 g/mol. The molecule has 58 valence electrons. The minimum Gasteiger partial charge on any atom is -0.262 e. The van der Waals surface area contributed by atoms with Gasteiger partial charge in [0.2, 0.25) is 0 Å². The molecular weight excluding hydrogens is 136 g/mol. The SMILES string of the molecule is CCCC=Nc1cccnc1. The van der Waals surface area contributed by atoms with Crippen molar-refractivity contribution in [2.24, 2.45) is 4.99 Å². The van der Waals surface area contributed by atoms with Crippen LogP contribution in [0, 0.1) is 0 Å². The normalized spacial score (nSPS) is 10.6. The van der Waals surface area contributed by atoms with Crippen molar-refractivity contribution in [2.45, 2.75) is 19.8 Å². The second-order valence-corrected chi connectivity index (χ2v) is 2.31. The fraction of sp³-hybridized carbons (Fsp3) is 0.333. The van der Waals surface area contributed by atoms with Crippen molar-refractivity contribution in [1.29, 1.82) is 0 Å². The Morgan fingerprint density at radius 2 is 2.55 bits per heavy atom. The van der Waals surface area contributed by atoms with Crippen molar-refractivity contribution >= 4 is 11.9 Å². The van der Waals surface area contributed by atoms with Gasteiger partial charge < -0.3 is 0 Å². The van der Waals surface area contributed by atoms with E-state index < -0.39 is 0 Å². The summed E-state index contributed by atoms with van der Waals surface area (Å²) in [4.78, 5) is 8.16. The van der Waals surface area contributed by atoms with Crippen LogP contribution in [0.25, 0.3) is 0 Å². The Bertz CT molecular complexity index is 216. The summed E-state index contributed by atoms with van der Waals surface area (Å²) in [6, 6.07) is 3.83. The fourth-order valence-corrected chi connectivity index (χ4v) is 0.729. The maximum Gasteiger partial charge on any atom is 0.0808 e. The van der Waals surface area contributed by atoms with Gasteiger partial charge in [-0.3, -0.25) is 9.98 Å². The number of nitrogens with zero attached hydrogens (tertiary/aromatic N) is 2. The predicted molar refractivity (Wildman–Crippen MR) is 47.3 cm³/mol. The summed E-state index contributed by atoms with van der Waals surface area (Å²) in [6.45, 7) is 2.13. The van der Waals surface area contributed by atoms with Gasteiger partial charge in [0.25, 0.3) is 0 Å². The molecule has 2 nitrogen and oxygen atoms in total. The number of hydrogen-bond donors (Lipinski definition) is 0. The smallest absolute Gasteiger partial charge is 0.0808 e. The van der Waals surface area contributed by atoms with Gasteiger partial charge in [-0.1, -0.05) is 13.3 Å². The number of aliphatic imine (C=N–C) groups is 1. The number of aromatic nitrogens is 1. The Balaban J connectivity index is 2.50. The second kappa shape index (κ2) is 4.61. The van der Waals surface area contributed by atoms with Crippen molar-refractivity contribution in [3.8, 4) is 0 Å². The summed E-state index contributed by atoms with van der Waals surface area (Å²) in [6.07, 6.45) is 7.61. The van der Waals surface area contributed by atoms with Gasteiger partial charge in [0.1, 0.15) is 0 Å². The van der Waals surface area contributed by atoms with E-state index in [1.165, 1.54) is 0 Å². The zero-order chi connectivity index (χ0) is 7.94. The maximum absolute atomic E-state index is 4.21. The number of unbranched alkanes of at least 4 members (excludes halogenated alkanes) is 1. The molecule has 0 N–H and O–H groups in total. The first kappa shape index (κ1) is 7.92. The molecule has 1 rings (SSSR count). The summed E-state index contributed by atoms with van der Waals surface area (Å²) >= 11 is 0. The molecule has 0 aliphatic rings. The van der Waals surface area contributed by atoms with Crippen LogP contribution in [0.4, 0.5) is 5.69 Å². The maximum atomic E-state index is 4.21. The van der Waals surface area contributed by atoms with Crippen LogP contribution in [0.2, 0.25) is 0 Å². The van der Waals surface area contributed by atoms with Crippen molar-refractivity contribution in [3.05, 3.63) is 24.5 Å². The third kappa shape index (κ3) is 2.94. The zero-order valence-electron chi connectivity index (χ0n) is 6.70. The highest BCUT2D eigenvalue weighted by molar-refractivity contribution is 5.62. The lowest BCUT2D eigenvalue weighted by Crippen LogP contribution is -1.72. The molecule has 0 unspecified atom stereocenters. The van der Waals surface area contributed by atoms with Crippen LogP contribution in [0.1, 0.15) is 19.8 Å². The third-order valence-electron chi connectivity index (χ3n) is 1.30. The minimum atomic E-state index is 0.931. The molecule has 0 aliphatic carbocycles. The van der Waals surface area contributed by atoms with Gasteiger partial charge in [-0.25, -0.2) is 0 Å². The molecular formula is C9H12N2. The lowest BCUT2D eigenvalue weighted by atomic mass is 10.3. The van der Waals surface area contributed by atoms with Gasteiger partial charge in [0.05, 0.1) is 11.9 Å². The van der Waals surface area contributed by atoms with Crippen molar-refractivity contribution in [3.63, 3.8) is 0 Å². The quantitative estimate of drug-likeness (QED) is 0.605. The zero-order valence-corrected chi connectivity index (χ0v) is 6.70. The van der Waals surface area contributed by atoms with Crippen molar-refractivity contribution in [1.82, 2.24) is 4.98 Å². The van der Waals surface area contributed by atoms with Crippen LogP contribution in [-0.4, -0.2) is 11.2 Å². The molecule has 2 heteroatoms. The first-order valence-corrected chi connectivity index (χ1v) is 3.86. The Morgan fingerprint density at radius 3 is 3.18 bits per heavy atom. The molecule has 0 amide bonds. The van der Waals surface area contributed by atoms with E-state index in [1.54, 1.807) is 12.4 Å². The summed E-state index contributed by atoms with van der Waals surface area (Å²) in [5, 5.41) is 0. The van der Waals surface area contributed by atoms with Crippen LogP contribution in [0.3, 0.4) is 0 Å². The molecule has 1 aromatic rings.